The number of benzene rings is 1. The highest BCUT2D eigenvalue weighted by Gasteiger charge is 2.03. The lowest BCUT2D eigenvalue weighted by molar-refractivity contribution is 1.31. The third-order valence-electron chi connectivity index (χ3n) is 1.68. The number of hydrogen-bond donors (Lipinski definition) is 0. The van der Waals surface area contributed by atoms with Crippen LogP contribution in [-0.2, 0) is 0 Å². The van der Waals surface area contributed by atoms with E-state index >= 15 is 0 Å². The Labute approximate surface area is 85.4 Å². The zero-order valence-electron chi connectivity index (χ0n) is 6.99. The second kappa shape index (κ2) is 3.44. The monoisotopic (exact) mass is 210 g/mol. The highest BCUT2D eigenvalue weighted by atomic mass is 35.5. The van der Waals surface area contributed by atoms with Gasteiger partial charge in [0.2, 0.25) is 4.47 Å². The van der Waals surface area contributed by atoms with Gasteiger partial charge in [-0.3, -0.25) is 0 Å². The van der Waals surface area contributed by atoms with Crippen LogP contribution in [0.2, 0.25) is 4.47 Å². The first-order valence-electron chi connectivity index (χ1n) is 3.82. The van der Waals surface area contributed by atoms with Gasteiger partial charge < -0.3 is 0 Å². The van der Waals surface area contributed by atoms with E-state index in [1.165, 1.54) is 17.1 Å². The van der Waals surface area contributed by atoms with Gasteiger partial charge in [-0.1, -0.05) is 23.8 Å². The van der Waals surface area contributed by atoms with Gasteiger partial charge in [-0.05, 0) is 36.1 Å². The van der Waals surface area contributed by atoms with Gasteiger partial charge in [0.25, 0.3) is 0 Å². The van der Waals surface area contributed by atoms with Crippen molar-refractivity contribution in [1.29, 1.82) is 0 Å². The van der Waals surface area contributed by atoms with E-state index in [0.29, 0.717) is 10.3 Å². The van der Waals surface area contributed by atoms with Crippen molar-refractivity contribution in [2.45, 2.75) is 6.92 Å². The maximum absolute atomic E-state index is 5.69. The van der Waals surface area contributed by atoms with Gasteiger partial charge >= 0.3 is 0 Å². The lowest BCUT2D eigenvalue weighted by atomic mass is 10.1. The first-order chi connectivity index (χ1) is 6.25. The molecule has 0 amide bonds. The van der Waals surface area contributed by atoms with E-state index in [-0.39, 0.29) is 0 Å². The minimum absolute atomic E-state index is 0.483. The van der Waals surface area contributed by atoms with E-state index in [4.69, 9.17) is 11.6 Å². The van der Waals surface area contributed by atoms with Crippen LogP contribution in [0, 0.1) is 6.92 Å². The summed E-state index contributed by atoms with van der Waals surface area (Å²) in [6.07, 6.45) is 0. The highest BCUT2D eigenvalue weighted by molar-refractivity contribution is 7.10. The van der Waals surface area contributed by atoms with E-state index in [1.54, 1.807) is 0 Å². The Morgan fingerprint density at radius 3 is 2.85 bits per heavy atom. The van der Waals surface area contributed by atoms with Crippen molar-refractivity contribution in [1.82, 2.24) is 9.36 Å². The van der Waals surface area contributed by atoms with Gasteiger partial charge in [0.1, 0.15) is 0 Å². The molecule has 2 aromatic rings. The number of nitrogens with zero attached hydrogens (tertiary/aromatic N) is 2. The Bertz CT molecular complexity index is 425. The Kier molecular flexibility index (Phi) is 2.29. The molecule has 4 heteroatoms. The lowest BCUT2D eigenvalue weighted by Crippen LogP contribution is -1.80. The number of aryl methyl sites for hydroxylation is 1. The SMILES string of the molecule is Cc1cccc(-c2nsc(Cl)n2)c1. The highest BCUT2D eigenvalue weighted by Crippen LogP contribution is 2.21. The number of rotatable bonds is 1. The Morgan fingerprint density at radius 1 is 1.38 bits per heavy atom. The van der Waals surface area contributed by atoms with Crippen molar-refractivity contribution in [3.05, 3.63) is 34.3 Å². The fourth-order valence-corrected chi connectivity index (χ4v) is 1.73. The molecule has 0 unspecified atom stereocenters. The Balaban J connectivity index is 2.46. The normalized spacial score (nSPS) is 10.3. The molecule has 1 aromatic carbocycles. The van der Waals surface area contributed by atoms with E-state index in [2.05, 4.69) is 9.36 Å². The summed E-state index contributed by atoms with van der Waals surface area (Å²) in [5.41, 5.74) is 2.21. The van der Waals surface area contributed by atoms with Crippen molar-refractivity contribution >= 4 is 23.1 Å². The van der Waals surface area contributed by atoms with Gasteiger partial charge in [0.05, 0.1) is 0 Å². The predicted molar refractivity (Wildman–Crippen MR) is 55.1 cm³/mol. The fourth-order valence-electron chi connectivity index (χ4n) is 1.11. The zero-order valence-corrected chi connectivity index (χ0v) is 8.56. The smallest absolute Gasteiger partial charge is 0.203 e. The van der Waals surface area contributed by atoms with Gasteiger partial charge in [-0.25, -0.2) is 4.98 Å². The van der Waals surface area contributed by atoms with Gasteiger partial charge in [-0.15, -0.1) is 0 Å². The molecule has 0 saturated carbocycles. The summed E-state index contributed by atoms with van der Waals surface area (Å²) in [6.45, 7) is 2.04. The number of halogens is 1. The van der Waals surface area contributed by atoms with Crippen molar-refractivity contribution in [3.63, 3.8) is 0 Å². The molecule has 1 aromatic heterocycles. The second-order valence-corrected chi connectivity index (χ2v) is 4.07. The van der Waals surface area contributed by atoms with Crippen LogP contribution in [0.4, 0.5) is 0 Å². The van der Waals surface area contributed by atoms with Gasteiger partial charge in [0.15, 0.2) is 5.82 Å². The molecule has 13 heavy (non-hydrogen) atoms. The van der Waals surface area contributed by atoms with Crippen LogP contribution in [-0.4, -0.2) is 9.36 Å². The molecule has 0 N–H and O–H groups in total. The average molecular weight is 211 g/mol. The molecular formula is C9H7ClN2S. The Hall–Kier alpha value is -0.930. The maximum atomic E-state index is 5.69. The molecule has 0 aliphatic rings. The van der Waals surface area contributed by atoms with Crippen molar-refractivity contribution < 1.29 is 0 Å². The van der Waals surface area contributed by atoms with Crippen molar-refractivity contribution in [2.75, 3.05) is 0 Å². The summed E-state index contributed by atoms with van der Waals surface area (Å²) in [4.78, 5) is 4.09. The zero-order chi connectivity index (χ0) is 9.26. The average Bonchev–Trinajstić information content (AvgIpc) is 2.52. The second-order valence-electron chi connectivity index (χ2n) is 2.74. The standard InChI is InChI=1S/C9H7ClN2S/c1-6-3-2-4-7(5-6)8-11-9(10)13-12-8/h2-5H,1H3. The van der Waals surface area contributed by atoms with Crippen LogP contribution >= 0.6 is 23.1 Å². The molecule has 2 nitrogen and oxygen atoms in total. The van der Waals surface area contributed by atoms with Crippen LogP contribution in [0.3, 0.4) is 0 Å². The summed E-state index contributed by atoms with van der Waals surface area (Å²) in [5.74, 6) is 0.707. The van der Waals surface area contributed by atoms with E-state index in [9.17, 15) is 0 Å². The van der Waals surface area contributed by atoms with E-state index < -0.39 is 0 Å². The molecule has 0 radical (unpaired) electrons. The van der Waals surface area contributed by atoms with Crippen LogP contribution in [0.25, 0.3) is 11.4 Å². The largest absolute Gasteiger partial charge is 0.203 e. The quantitative estimate of drug-likeness (QED) is 0.723. The third-order valence-corrected chi connectivity index (χ3v) is 2.48. The summed E-state index contributed by atoms with van der Waals surface area (Å²) < 4.78 is 4.61. The van der Waals surface area contributed by atoms with Crippen molar-refractivity contribution in [2.24, 2.45) is 0 Å². The van der Waals surface area contributed by atoms with Gasteiger partial charge in [0, 0.05) is 5.56 Å². The molecule has 0 saturated heterocycles. The predicted octanol–water partition coefficient (Wildman–Crippen LogP) is 3.17. The molecule has 0 fully saturated rings. The molecule has 0 spiro atoms. The first kappa shape index (κ1) is 8.66. The summed E-state index contributed by atoms with van der Waals surface area (Å²) in [5, 5.41) is 0. The van der Waals surface area contributed by atoms with E-state index in [1.807, 2.05) is 31.2 Å². The number of aromatic nitrogens is 2. The van der Waals surface area contributed by atoms with Crippen molar-refractivity contribution in [3.8, 4) is 11.4 Å². The summed E-state index contributed by atoms with van der Waals surface area (Å²) in [7, 11) is 0. The molecule has 0 bridgehead atoms. The molecule has 0 aliphatic carbocycles. The molecule has 66 valence electrons. The molecule has 2 rings (SSSR count). The first-order valence-corrected chi connectivity index (χ1v) is 4.97. The molecule has 0 atom stereocenters. The Morgan fingerprint density at radius 2 is 2.23 bits per heavy atom. The minimum atomic E-state index is 0.483. The minimum Gasteiger partial charge on any atom is -0.203 e. The number of hydrogen-bond acceptors (Lipinski definition) is 3. The lowest BCUT2D eigenvalue weighted by Gasteiger charge is -1.95. The fraction of sp³-hybridized carbons (Fsp3) is 0.111. The van der Waals surface area contributed by atoms with Crippen LogP contribution in [0.15, 0.2) is 24.3 Å². The molecule has 1 heterocycles. The topological polar surface area (TPSA) is 25.8 Å². The summed E-state index contributed by atoms with van der Waals surface area (Å²) in [6, 6.07) is 8.04. The van der Waals surface area contributed by atoms with Crippen LogP contribution < -0.4 is 0 Å². The van der Waals surface area contributed by atoms with E-state index in [0.717, 1.165) is 5.56 Å². The third kappa shape index (κ3) is 1.87. The van der Waals surface area contributed by atoms with Gasteiger partial charge in [-0.2, -0.15) is 4.37 Å². The summed E-state index contributed by atoms with van der Waals surface area (Å²) >= 11 is 6.90. The molecular weight excluding hydrogens is 204 g/mol. The van der Waals surface area contributed by atoms with Crippen LogP contribution in [0.5, 0.6) is 0 Å². The maximum Gasteiger partial charge on any atom is 0.203 e. The van der Waals surface area contributed by atoms with Crippen LogP contribution in [0.1, 0.15) is 5.56 Å². The molecule has 0 aliphatic heterocycles.